The summed E-state index contributed by atoms with van der Waals surface area (Å²) in [5.74, 6) is -0.410. The van der Waals surface area contributed by atoms with E-state index in [9.17, 15) is 17.6 Å². The first kappa shape index (κ1) is 21.9. The highest BCUT2D eigenvalue weighted by molar-refractivity contribution is 7.89. The Balaban J connectivity index is 1.97. The fourth-order valence-corrected chi connectivity index (χ4v) is 5.05. The molecule has 0 aliphatic carbocycles. The smallest absolute Gasteiger partial charge is 0.267 e. The second-order valence-corrected chi connectivity index (χ2v) is 9.43. The zero-order valence-corrected chi connectivity index (χ0v) is 18.4. The Morgan fingerprint density at radius 2 is 1.69 bits per heavy atom. The van der Waals surface area contributed by atoms with Gasteiger partial charge in [0.05, 0.1) is 16.8 Å². The summed E-state index contributed by atoms with van der Waals surface area (Å²) >= 11 is 0. The fraction of sp³-hybridized carbons (Fsp3) is 0.167. The van der Waals surface area contributed by atoms with Gasteiger partial charge >= 0.3 is 0 Å². The third-order valence-electron chi connectivity index (χ3n) is 5.44. The molecule has 3 aromatic carbocycles. The minimum atomic E-state index is -3.53. The van der Waals surface area contributed by atoms with Gasteiger partial charge in [-0.15, -0.1) is 0 Å². The number of hydrogen-bond acceptors (Lipinski definition) is 4. The van der Waals surface area contributed by atoms with Gasteiger partial charge in [-0.1, -0.05) is 43.3 Å². The highest BCUT2D eigenvalue weighted by atomic mass is 32.2. The molecule has 8 heteroatoms. The summed E-state index contributed by atoms with van der Waals surface area (Å²) in [4.78, 5) is 13.1. The maximum Gasteiger partial charge on any atom is 0.279 e. The van der Waals surface area contributed by atoms with Gasteiger partial charge in [-0.3, -0.25) is 4.79 Å². The second-order valence-electron chi connectivity index (χ2n) is 7.36. The van der Waals surface area contributed by atoms with E-state index < -0.39 is 21.1 Å². The van der Waals surface area contributed by atoms with Crippen molar-refractivity contribution >= 4 is 20.8 Å². The van der Waals surface area contributed by atoms with Crippen LogP contribution < -0.4 is 10.3 Å². The zero-order valence-electron chi connectivity index (χ0n) is 17.6. The number of rotatable bonds is 6. The summed E-state index contributed by atoms with van der Waals surface area (Å²) in [5.41, 5.74) is 1.95. The normalized spacial score (nSPS) is 12.7. The van der Waals surface area contributed by atoms with E-state index in [4.69, 9.17) is 0 Å². The lowest BCUT2D eigenvalue weighted by Crippen LogP contribution is -2.25. The number of nitrogens with zero attached hydrogens (tertiary/aromatic N) is 2. The molecule has 0 amide bonds. The summed E-state index contributed by atoms with van der Waals surface area (Å²) in [6.07, 6.45) is 0.399. The molecule has 1 aromatic heterocycles. The van der Waals surface area contributed by atoms with Gasteiger partial charge in [-0.05, 0) is 55.4 Å². The van der Waals surface area contributed by atoms with Crippen molar-refractivity contribution in [1.82, 2.24) is 14.5 Å². The number of fused-ring (bicyclic) bond motifs is 1. The first-order valence-corrected chi connectivity index (χ1v) is 11.7. The number of hydrogen-bond donors (Lipinski definition) is 1. The van der Waals surface area contributed by atoms with Gasteiger partial charge < -0.3 is 0 Å². The van der Waals surface area contributed by atoms with Crippen LogP contribution in [0.3, 0.4) is 0 Å². The van der Waals surface area contributed by atoms with Crippen molar-refractivity contribution in [2.45, 2.75) is 18.6 Å². The van der Waals surface area contributed by atoms with Crippen molar-refractivity contribution in [2.75, 3.05) is 7.05 Å². The second kappa shape index (κ2) is 8.64. The van der Waals surface area contributed by atoms with Crippen molar-refractivity contribution in [2.24, 2.45) is 0 Å². The Bertz CT molecular complexity index is 1450. The zero-order chi connectivity index (χ0) is 22.9. The summed E-state index contributed by atoms with van der Waals surface area (Å²) in [6.45, 7) is 1.81. The van der Waals surface area contributed by atoms with Gasteiger partial charge in [0.2, 0.25) is 10.0 Å². The van der Waals surface area contributed by atoms with E-state index in [-0.39, 0.29) is 5.56 Å². The van der Waals surface area contributed by atoms with Crippen LogP contribution >= 0.6 is 0 Å². The first-order valence-electron chi connectivity index (χ1n) is 10.2. The van der Waals surface area contributed by atoms with Crippen molar-refractivity contribution in [3.8, 4) is 16.9 Å². The molecule has 1 atom stereocenters. The number of halogens is 1. The molecule has 4 aromatic rings. The molecule has 0 fully saturated rings. The SMILES string of the molecule is CCC(c1cccc(-c2nn(-c3ccc(F)cc3)c(=O)c3ccccc23)c1)S(=O)(=O)NC. The molecule has 1 heterocycles. The summed E-state index contributed by atoms with van der Waals surface area (Å²) < 4.78 is 42.1. The van der Waals surface area contributed by atoms with Crippen LogP contribution in [0.15, 0.2) is 77.6 Å². The van der Waals surface area contributed by atoms with Gasteiger partial charge in [0.1, 0.15) is 11.1 Å². The van der Waals surface area contributed by atoms with Crippen LogP contribution in [0.5, 0.6) is 0 Å². The van der Waals surface area contributed by atoms with E-state index in [1.165, 1.54) is 36.0 Å². The highest BCUT2D eigenvalue weighted by Gasteiger charge is 2.24. The minimum absolute atomic E-state index is 0.323. The van der Waals surface area contributed by atoms with Crippen LogP contribution in [0.4, 0.5) is 4.39 Å². The third kappa shape index (κ3) is 3.94. The Morgan fingerprint density at radius 3 is 2.34 bits per heavy atom. The Labute approximate surface area is 185 Å². The van der Waals surface area contributed by atoms with Crippen molar-refractivity contribution < 1.29 is 12.8 Å². The lowest BCUT2D eigenvalue weighted by Gasteiger charge is -2.17. The molecule has 0 saturated carbocycles. The summed E-state index contributed by atoms with van der Waals surface area (Å²) in [6, 6.07) is 19.8. The van der Waals surface area contributed by atoms with E-state index >= 15 is 0 Å². The Morgan fingerprint density at radius 1 is 1.00 bits per heavy atom. The van der Waals surface area contributed by atoms with Crippen molar-refractivity contribution in [1.29, 1.82) is 0 Å². The van der Waals surface area contributed by atoms with Gasteiger partial charge in [0.25, 0.3) is 5.56 Å². The molecule has 1 unspecified atom stereocenters. The van der Waals surface area contributed by atoms with Gasteiger partial charge in [0, 0.05) is 10.9 Å². The molecule has 4 rings (SSSR count). The average Bonchev–Trinajstić information content (AvgIpc) is 2.81. The fourth-order valence-electron chi connectivity index (χ4n) is 3.82. The molecule has 0 radical (unpaired) electrons. The van der Waals surface area contributed by atoms with Crippen molar-refractivity contribution in [3.63, 3.8) is 0 Å². The standard InChI is InChI=1S/C24H22FN3O3S/c1-3-22(32(30,31)26-2)16-7-6-8-17(15-16)23-20-9-4-5-10-21(20)24(29)28(27-23)19-13-11-18(25)12-14-19/h4-15,22,26H,3H2,1-2H3. The monoisotopic (exact) mass is 451 g/mol. The minimum Gasteiger partial charge on any atom is -0.267 e. The van der Waals surface area contributed by atoms with Gasteiger partial charge in [-0.2, -0.15) is 9.78 Å². The molecule has 6 nitrogen and oxygen atoms in total. The molecular formula is C24H22FN3O3S. The maximum absolute atomic E-state index is 13.4. The van der Waals surface area contributed by atoms with Gasteiger partial charge in [0.15, 0.2) is 0 Å². The number of nitrogens with one attached hydrogen (secondary N) is 1. The van der Waals surface area contributed by atoms with Crippen LogP contribution in [0, 0.1) is 5.82 Å². The Hall–Kier alpha value is -3.36. The van der Waals surface area contributed by atoms with E-state index in [2.05, 4.69) is 9.82 Å². The lowest BCUT2D eigenvalue weighted by atomic mass is 10.0. The van der Waals surface area contributed by atoms with E-state index in [0.29, 0.717) is 39.7 Å². The molecule has 1 N–H and O–H groups in total. The van der Waals surface area contributed by atoms with Crippen LogP contribution in [0.25, 0.3) is 27.7 Å². The molecule has 32 heavy (non-hydrogen) atoms. The number of benzene rings is 3. The lowest BCUT2D eigenvalue weighted by molar-refractivity contribution is 0.571. The van der Waals surface area contributed by atoms with E-state index in [0.717, 1.165) is 0 Å². The van der Waals surface area contributed by atoms with Gasteiger partial charge in [-0.25, -0.2) is 17.5 Å². The highest BCUT2D eigenvalue weighted by Crippen LogP contribution is 2.31. The molecule has 0 saturated heterocycles. The number of sulfonamides is 1. The van der Waals surface area contributed by atoms with Crippen LogP contribution in [0.2, 0.25) is 0 Å². The quantitative estimate of drug-likeness (QED) is 0.477. The largest absolute Gasteiger partial charge is 0.279 e. The maximum atomic E-state index is 13.4. The topological polar surface area (TPSA) is 81.1 Å². The predicted octanol–water partition coefficient (Wildman–Crippen LogP) is 4.19. The molecule has 0 spiro atoms. The van der Waals surface area contributed by atoms with E-state index in [1.54, 1.807) is 30.3 Å². The molecule has 0 aliphatic rings. The van der Waals surface area contributed by atoms with Crippen LogP contribution in [0.1, 0.15) is 24.2 Å². The molecule has 0 bridgehead atoms. The van der Waals surface area contributed by atoms with E-state index in [1.807, 2.05) is 25.1 Å². The predicted molar refractivity (Wildman–Crippen MR) is 124 cm³/mol. The Kier molecular flexibility index (Phi) is 5.90. The molecule has 0 aliphatic heterocycles. The van der Waals surface area contributed by atoms with Crippen LogP contribution in [-0.2, 0) is 10.0 Å². The van der Waals surface area contributed by atoms with Crippen LogP contribution in [-0.4, -0.2) is 25.2 Å². The molecule has 164 valence electrons. The molecular weight excluding hydrogens is 429 g/mol. The summed E-state index contributed by atoms with van der Waals surface area (Å²) in [7, 11) is -2.13. The third-order valence-corrected chi connectivity index (χ3v) is 7.36. The summed E-state index contributed by atoms with van der Waals surface area (Å²) in [5, 5.41) is 4.99. The van der Waals surface area contributed by atoms with Crippen molar-refractivity contribution in [3.05, 3.63) is 94.5 Å². The number of aromatic nitrogens is 2. The average molecular weight is 452 g/mol. The first-order chi connectivity index (χ1) is 15.4.